The minimum Gasteiger partial charge on any atom is -0.369 e. The molecular formula is C17H28N6O. The highest BCUT2D eigenvalue weighted by Gasteiger charge is 2.16. The molecule has 7 nitrogen and oxygen atoms in total. The van der Waals surface area contributed by atoms with E-state index in [1.165, 1.54) is 0 Å². The summed E-state index contributed by atoms with van der Waals surface area (Å²) in [5, 5.41) is 7.32. The first-order valence-corrected chi connectivity index (χ1v) is 8.37. The lowest BCUT2D eigenvalue weighted by atomic mass is 10.1. The number of aryl methyl sites for hydroxylation is 2. The molecular weight excluding hydrogens is 304 g/mol. The predicted octanol–water partition coefficient (Wildman–Crippen LogP) is 2.86. The minimum absolute atomic E-state index is 0.236. The summed E-state index contributed by atoms with van der Waals surface area (Å²) < 4.78 is 5.22. The molecule has 2 heterocycles. The van der Waals surface area contributed by atoms with Crippen molar-refractivity contribution in [1.29, 1.82) is 0 Å². The van der Waals surface area contributed by atoms with E-state index in [4.69, 9.17) is 10.3 Å². The van der Waals surface area contributed by atoms with Crippen molar-refractivity contribution < 1.29 is 4.52 Å². The van der Waals surface area contributed by atoms with E-state index in [-0.39, 0.29) is 5.95 Å². The molecule has 0 radical (unpaired) electrons. The zero-order chi connectivity index (χ0) is 17.9. The largest absolute Gasteiger partial charge is 0.369 e. The zero-order valence-corrected chi connectivity index (χ0v) is 15.4. The predicted molar refractivity (Wildman–Crippen MR) is 96.9 cm³/mol. The Morgan fingerprint density at radius 3 is 2.38 bits per heavy atom. The summed E-state index contributed by atoms with van der Waals surface area (Å²) in [5.41, 5.74) is 8.26. The third kappa shape index (κ3) is 4.23. The van der Waals surface area contributed by atoms with Crippen LogP contribution in [0.4, 0.5) is 11.8 Å². The molecule has 2 rings (SSSR count). The highest BCUT2D eigenvalue weighted by molar-refractivity contribution is 5.67. The van der Waals surface area contributed by atoms with Crippen LogP contribution in [-0.4, -0.2) is 45.2 Å². The van der Waals surface area contributed by atoms with Gasteiger partial charge in [0.15, 0.2) is 0 Å². The van der Waals surface area contributed by atoms with Gasteiger partial charge in [0.1, 0.15) is 11.6 Å². The summed E-state index contributed by atoms with van der Waals surface area (Å²) in [7, 11) is 0. The molecule has 0 unspecified atom stereocenters. The van der Waals surface area contributed by atoms with Gasteiger partial charge in [0.2, 0.25) is 5.95 Å². The molecule has 0 aliphatic rings. The van der Waals surface area contributed by atoms with Crippen molar-refractivity contribution >= 4 is 11.8 Å². The van der Waals surface area contributed by atoms with Crippen molar-refractivity contribution in [2.24, 2.45) is 0 Å². The quantitative estimate of drug-likeness (QED) is 0.805. The summed E-state index contributed by atoms with van der Waals surface area (Å²) in [5.74, 6) is 1.67. The van der Waals surface area contributed by atoms with Crippen LogP contribution in [0.25, 0.3) is 11.3 Å². The van der Waals surface area contributed by atoms with E-state index in [0.717, 1.165) is 35.8 Å². The van der Waals surface area contributed by atoms with Crippen LogP contribution in [0.3, 0.4) is 0 Å². The van der Waals surface area contributed by atoms with Crippen LogP contribution in [-0.2, 0) is 0 Å². The topological polar surface area (TPSA) is 93.1 Å². The van der Waals surface area contributed by atoms with E-state index in [1.807, 2.05) is 19.9 Å². The standard InChI is InChI=1S/C17H28N6O/c1-10(2)23(11(3)4)8-7-19-15-9-14(20-17(18)21-15)16-12(5)22-24-13(16)6/h9-11H,7-8H2,1-6H3,(H3,18,19,20,21). The maximum absolute atomic E-state index is 5.87. The van der Waals surface area contributed by atoms with Crippen LogP contribution in [0.15, 0.2) is 10.6 Å². The Balaban J connectivity index is 2.12. The van der Waals surface area contributed by atoms with Gasteiger partial charge in [-0.1, -0.05) is 5.16 Å². The van der Waals surface area contributed by atoms with E-state index in [0.29, 0.717) is 17.9 Å². The first-order valence-electron chi connectivity index (χ1n) is 8.37. The molecule has 2 aromatic heterocycles. The number of nitrogens with two attached hydrogens (primary N) is 1. The van der Waals surface area contributed by atoms with Crippen LogP contribution in [0, 0.1) is 13.8 Å². The Labute approximate surface area is 143 Å². The van der Waals surface area contributed by atoms with Gasteiger partial charge in [0.05, 0.1) is 17.0 Å². The number of hydrogen-bond acceptors (Lipinski definition) is 7. The molecule has 0 amide bonds. The van der Waals surface area contributed by atoms with Crippen molar-refractivity contribution in [2.45, 2.75) is 53.6 Å². The average molecular weight is 332 g/mol. The highest BCUT2D eigenvalue weighted by atomic mass is 16.5. The fraction of sp³-hybridized carbons (Fsp3) is 0.588. The maximum Gasteiger partial charge on any atom is 0.222 e. The second kappa shape index (κ2) is 7.61. The van der Waals surface area contributed by atoms with Gasteiger partial charge < -0.3 is 15.6 Å². The van der Waals surface area contributed by atoms with E-state index < -0.39 is 0 Å². The number of aromatic nitrogens is 3. The van der Waals surface area contributed by atoms with Gasteiger partial charge in [-0.2, -0.15) is 4.98 Å². The van der Waals surface area contributed by atoms with Crippen molar-refractivity contribution in [3.05, 3.63) is 17.5 Å². The average Bonchev–Trinajstić information content (AvgIpc) is 2.81. The fourth-order valence-corrected chi connectivity index (χ4v) is 2.96. The molecule has 3 N–H and O–H groups in total. The molecule has 0 fully saturated rings. The fourth-order valence-electron chi connectivity index (χ4n) is 2.96. The summed E-state index contributed by atoms with van der Waals surface area (Å²) in [6.45, 7) is 14.3. The van der Waals surface area contributed by atoms with E-state index >= 15 is 0 Å². The molecule has 7 heteroatoms. The summed E-state index contributed by atoms with van der Waals surface area (Å²) >= 11 is 0. The van der Waals surface area contributed by atoms with Gasteiger partial charge in [0, 0.05) is 31.2 Å². The van der Waals surface area contributed by atoms with Gasteiger partial charge in [0.25, 0.3) is 0 Å². The third-order valence-corrected chi connectivity index (χ3v) is 4.04. The van der Waals surface area contributed by atoms with Crippen LogP contribution in [0.1, 0.15) is 39.1 Å². The Kier molecular flexibility index (Phi) is 5.77. The summed E-state index contributed by atoms with van der Waals surface area (Å²) in [4.78, 5) is 11.0. The van der Waals surface area contributed by atoms with Crippen LogP contribution in [0.2, 0.25) is 0 Å². The zero-order valence-electron chi connectivity index (χ0n) is 15.4. The second-order valence-electron chi connectivity index (χ2n) is 6.55. The Bertz CT molecular complexity index is 652. The van der Waals surface area contributed by atoms with Gasteiger partial charge in [-0.05, 0) is 41.5 Å². The number of nitrogens with zero attached hydrogens (tertiary/aromatic N) is 4. The van der Waals surface area contributed by atoms with Crippen molar-refractivity contribution in [3.8, 4) is 11.3 Å². The maximum atomic E-state index is 5.87. The second-order valence-corrected chi connectivity index (χ2v) is 6.55. The lowest BCUT2D eigenvalue weighted by molar-refractivity contribution is 0.182. The molecule has 2 aromatic rings. The Morgan fingerprint density at radius 2 is 1.83 bits per heavy atom. The van der Waals surface area contributed by atoms with Gasteiger partial charge in [-0.3, -0.25) is 4.90 Å². The number of anilines is 2. The van der Waals surface area contributed by atoms with E-state index in [9.17, 15) is 0 Å². The monoisotopic (exact) mass is 332 g/mol. The Hall–Kier alpha value is -2.15. The first-order chi connectivity index (χ1) is 11.3. The van der Waals surface area contributed by atoms with Crippen LogP contribution >= 0.6 is 0 Å². The molecule has 0 atom stereocenters. The molecule has 0 aliphatic carbocycles. The Morgan fingerprint density at radius 1 is 1.17 bits per heavy atom. The highest BCUT2D eigenvalue weighted by Crippen LogP contribution is 2.27. The molecule has 0 aromatic carbocycles. The van der Waals surface area contributed by atoms with Gasteiger partial charge in [-0.15, -0.1) is 0 Å². The van der Waals surface area contributed by atoms with Gasteiger partial charge in [-0.25, -0.2) is 4.98 Å². The molecule has 0 bridgehead atoms. The third-order valence-electron chi connectivity index (χ3n) is 4.04. The van der Waals surface area contributed by atoms with Crippen molar-refractivity contribution in [1.82, 2.24) is 20.0 Å². The van der Waals surface area contributed by atoms with E-state index in [1.54, 1.807) is 0 Å². The lowest BCUT2D eigenvalue weighted by Crippen LogP contribution is -2.40. The normalized spacial score (nSPS) is 11.7. The molecule has 0 aliphatic heterocycles. The number of nitrogen functional groups attached to an aromatic ring is 1. The number of hydrogen-bond donors (Lipinski definition) is 2. The summed E-state index contributed by atoms with van der Waals surface area (Å²) in [6, 6.07) is 2.89. The SMILES string of the molecule is Cc1noc(C)c1-c1cc(NCCN(C(C)C)C(C)C)nc(N)n1. The van der Waals surface area contributed by atoms with Crippen molar-refractivity contribution in [2.75, 3.05) is 24.1 Å². The number of nitrogens with one attached hydrogen (secondary N) is 1. The van der Waals surface area contributed by atoms with Crippen molar-refractivity contribution in [3.63, 3.8) is 0 Å². The van der Waals surface area contributed by atoms with Gasteiger partial charge >= 0.3 is 0 Å². The van der Waals surface area contributed by atoms with Crippen LogP contribution < -0.4 is 11.1 Å². The number of rotatable bonds is 7. The lowest BCUT2D eigenvalue weighted by Gasteiger charge is -2.30. The van der Waals surface area contributed by atoms with Crippen LogP contribution in [0.5, 0.6) is 0 Å². The molecule has 0 saturated heterocycles. The first kappa shape index (κ1) is 18.2. The molecule has 0 spiro atoms. The summed E-state index contributed by atoms with van der Waals surface area (Å²) in [6.07, 6.45) is 0. The smallest absolute Gasteiger partial charge is 0.222 e. The molecule has 24 heavy (non-hydrogen) atoms. The van der Waals surface area contributed by atoms with E-state index in [2.05, 4.69) is 53.0 Å². The minimum atomic E-state index is 0.236. The molecule has 132 valence electrons. The molecule has 0 saturated carbocycles.